The van der Waals surface area contributed by atoms with Gasteiger partial charge in [0.05, 0.1) is 52.1 Å². The van der Waals surface area contributed by atoms with Crippen LogP contribution in [0.3, 0.4) is 0 Å². The predicted molar refractivity (Wildman–Crippen MR) is 202 cm³/mol. The summed E-state index contributed by atoms with van der Waals surface area (Å²) in [5.41, 5.74) is 0. The molecule has 0 aromatic carbocycles. The molecule has 0 aromatic rings. The minimum Gasteiger partial charge on any atom is -0.387 e. The fourth-order valence-corrected chi connectivity index (χ4v) is 6.21. The highest BCUT2D eigenvalue weighted by atomic mass is 31.2. The van der Waals surface area contributed by atoms with Crippen LogP contribution in [0.15, 0.2) is 36.5 Å². The molecule has 1 rings (SSSR count). The van der Waals surface area contributed by atoms with Gasteiger partial charge in [0.15, 0.2) is 0 Å². The number of carbonyl (C=O) groups excluding carboxylic acids is 1. The Morgan fingerprint density at radius 3 is 2.08 bits per heavy atom. The smallest absolute Gasteiger partial charge is 0.387 e. The third kappa shape index (κ3) is 28.0. The van der Waals surface area contributed by atoms with Crippen LogP contribution in [0, 0.1) is 0 Å². The van der Waals surface area contributed by atoms with Gasteiger partial charge in [-0.25, -0.2) is 4.57 Å². The number of quaternary nitrogens is 1. The summed E-state index contributed by atoms with van der Waals surface area (Å²) in [4.78, 5) is 23.0. The van der Waals surface area contributed by atoms with Crippen LogP contribution >= 0.6 is 7.82 Å². The maximum atomic E-state index is 12.8. The van der Waals surface area contributed by atoms with Gasteiger partial charge < -0.3 is 24.5 Å². The molecule has 10 heteroatoms. The molecule has 1 aliphatic rings. The fourth-order valence-electron chi connectivity index (χ4n) is 5.47. The van der Waals surface area contributed by atoms with Crippen molar-refractivity contribution in [1.29, 1.82) is 0 Å². The van der Waals surface area contributed by atoms with E-state index in [-0.39, 0.29) is 19.1 Å². The Hall–Kier alpha value is -1.32. The Balaban J connectivity index is 2.39. The lowest BCUT2D eigenvalue weighted by Gasteiger charge is -2.25. The van der Waals surface area contributed by atoms with E-state index < -0.39 is 20.0 Å². The molecule has 1 fully saturated rings. The summed E-state index contributed by atoms with van der Waals surface area (Å²) in [5, 5.41) is 13.7. The van der Waals surface area contributed by atoms with Crippen molar-refractivity contribution in [3.8, 4) is 0 Å². The standard InChI is InChI=1S/C39H73N2O7P/c1-6-8-10-11-12-13-14-15-18-21-25-28-36(42)35(34-47-49(44,45)46-33-32-41(3,4)5)40-39(43)31-27-23-20-17-16-19-22-26-30-38-37(48-38)29-24-9-7-2/h14-15,22,25-26,28,35-38,42H,6-13,16-21,23-24,27,29-34H2,1-5H3,(H-,40,43,44,45)/p+1/b15-14-,26-22-,28-25+/t35-,36+,37?,38?/m0/s1. The van der Waals surface area contributed by atoms with Gasteiger partial charge in [0.2, 0.25) is 5.91 Å². The van der Waals surface area contributed by atoms with Gasteiger partial charge in [0, 0.05) is 6.42 Å². The number of rotatable bonds is 33. The van der Waals surface area contributed by atoms with E-state index in [0.29, 0.717) is 29.7 Å². The lowest BCUT2D eigenvalue weighted by atomic mass is 10.1. The number of nitrogens with one attached hydrogen (secondary N) is 1. The topological polar surface area (TPSA) is 118 Å². The largest absolute Gasteiger partial charge is 0.472 e. The summed E-state index contributed by atoms with van der Waals surface area (Å²) in [6, 6.07) is -0.871. The van der Waals surface area contributed by atoms with E-state index >= 15 is 0 Å². The van der Waals surface area contributed by atoms with Crippen molar-refractivity contribution < 1.29 is 37.6 Å². The number of nitrogens with zero attached hydrogens (tertiary/aromatic N) is 1. The van der Waals surface area contributed by atoms with Crippen molar-refractivity contribution >= 4 is 13.7 Å². The molecule has 0 bridgehead atoms. The minimum absolute atomic E-state index is 0.0499. The van der Waals surface area contributed by atoms with Gasteiger partial charge in [0.25, 0.3) is 0 Å². The SMILES string of the molecule is CCCCCCC/C=C\CC/C=C/[C@@H](O)[C@H](COP(=O)(O)OCC[N+](C)(C)C)NC(=O)CCCCCCC/C=C\CC1OC1CCCCC. The second-order valence-electron chi connectivity index (χ2n) is 14.7. The molecule has 3 unspecified atom stereocenters. The zero-order chi connectivity index (χ0) is 36.2. The van der Waals surface area contributed by atoms with Gasteiger partial charge in [-0.1, -0.05) is 115 Å². The normalized spacial score (nSPS) is 19.2. The molecule has 0 radical (unpaired) electrons. The summed E-state index contributed by atoms with van der Waals surface area (Å²) in [7, 11) is 1.53. The van der Waals surface area contributed by atoms with Crippen LogP contribution in [0.25, 0.3) is 0 Å². The first kappa shape index (κ1) is 45.7. The average molecular weight is 714 g/mol. The molecule has 1 saturated heterocycles. The highest BCUT2D eigenvalue weighted by Gasteiger charge is 2.36. The van der Waals surface area contributed by atoms with E-state index in [2.05, 4.69) is 43.5 Å². The third-order valence-electron chi connectivity index (χ3n) is 8.76. The summed E-state index contributed by atoms with van der Waals surface area (Å²) in [5.74, 6) is -0.208. The second-order valence-corrected chi connectivity index (χ2v) is 16.1. The number of amides is 1. The molecule has 1 heterocycles. The number of phosphoric acid groups is 1. The van der Waals surface area contributed by atoms with Crippen LogP contribution in [-0.4, -0.2) is 85.6 Å². The van der Waals surface area contributed by atoms with Crippen molar-refractivity contribution in [3.05, 3.63) is 36.5 Å². The Kier molecular flexibility index (Phi) is 26.4. The summed E-state index contributed by atoms with van der Waals surface area (Å²) >= 11 is 0. The Morgan fingerprint density at radius 2 is 1.39 bits per heavy atom. The highest BCUT2D eigenvalue weighted by molar-refractivity contribution is 7.47. The van der Waals surface area contributed by atoms with Crippen molar-refractivity contribution in [3.63, 3.8) is 0 Å². The summed E-state index contributed by atoms with van der Waals surface area (Å²) in [6.45, 7) is 4.69. The van der Waals surface area contributed by atoms with Gasteiger partial charge in [-0.3, -0.25) is 13.8 Å². The molecule has 49 heavy (non-hydrogen) atoms. The van der Waals surface area contributed by atoms with E-state index in [1.807, 2.05) is 27.2 Å². The van der Waals surface area contributed by atoms with Gasteiger partial charge in [-0.15, -0.1) is 0 Å². The third-order valence-corrected chi connectivity index (χ3v) is 9.74. The monoisotopic (exact) mass is 714 g/mol. The van der Waals surface area contributed by atoms with Crippen LogP contribution < -0.4 is 5.32 Å². The molecule has 1 amide bonds. The molecule has 9 nitrogen and oxygen atoms in total. The van der Waals surface area contributed by atoms with Gasteiger partial charge in [-0.05, 0) is 57.8 Å². The van der Waals surface area contributed by atoms with Gasteiger partial charge in [-0.2, -0.15) is 0 Å². The Labute approximate surface area is 300 Å². The Bertz CT molecular complexity index is 966. The molecule has 0 spiro atoms. The number of likely N-dealkylation sites (N-methyl/N-ethyl adjacent to an activating group) is 1. The van der Waals surface area contributed by atoms with Crippen molar-refractivity contribution in [2.24, 2.45) is 0 Å². The number of allylic oxidation sites excluding steroid dienone is 4. The molecular weight excluding hydrogens is 639 g/mol. The molecule has 1 aliphatic heterocycles. The molecule has 0 saturated carbocycles. The first-order chi connectivity index (χ1) is 23.5. The number of unbranched alkanes of at least 4 members (excludes halogenated alkanes) is 13. The molecule has 3 N–H and O–H groups in total. The number of hydrogen-bond donors (Lipinski definition) is 3. The van der Waals surface area contributed by atoms with Crippen LogP contribution in [0.1, 0.15) is 142 Å². The van der Waals surface area contributed by atoms with Crippen LogP contribution in [0.2, 0.25) is 0 Å². The zero-order valence-electron chi connectivity index (χ0n) is 31.9. The van der Waals surface area contributed by atoms with E-state index in [9.17, 15) is 19.4 Å². The summed E-state index contributed by atoms with van der Waals surface area (Å²) in [6.07, 6.45) is 33.8. The van der Waals surface area contributed by atoms with Crippen LogP contribution in [0.4, 0.5) is 0 Å². The lowest BCUT2D eigenvalue weighted by Crippen LogP contribution is -2.45. The van der Waals surface area contributed by atoms with E-state index in [4.69, 9.17) is 13.8 Å². The zero-order valence-corrected chi connectivity index (χ0v) is 32.8. The van der Waals surface area contributed by atoms with E-state index in [1.165, 1.54) is 57.8 Å². The van der Waals surface area contributed by atoms with Crippen LogP contribution in [0.5, 0.6) is 0 Å². The molecule has 0 aliphatic carbocycles. The highest BCUT2D eigenvalue weighted by Crippen LogP contribution is 2.43. The fraction of sp³-hybridized carbons (Fsp3) is 0.821. The van der Waals surface area contributed by atoms with Gasteiger partial charge >= 0.3 is 7.82 Å². The number of epoxide rings is 1. The molecule has 5 atom stereocenters. The van der Waals surface area contributed by atoms with E-state index in [1.54, 1.807) is 6.08 Å². The maximum Gasteiger partial charge on any atom is 0.472 e. The van der Waals surface area contributed by atoms with Crippen molar-refractivity contribution in [1.82, 2.24) is 5.32 Å². The minimum atomic E-state index is -4.34. The summed E-state index contributed by atoms with van der Waals surface area (Å²) < 4.78 is 29.2. The van der Waals surface area contributed by atoms with Gasteiger partial charge in [0.1, 0.15) is 13.2 Å². The average Bonchev–Trinajstić information content (AvgIpc) is 3.79. The van der Waals surface area contributed by atoms with Crippen molar-refractivity contribution in [2.45, 2.75) is 167 Å². The van der Waals surface area contributed by atoms with Crippen molar-refractivity contribution in [2.75, 3.05) is 40.9 Å². The first-order valence-corrected chi connectivity index (χ1v) is 21.0. The second kappa shape index (κ2) is 28.3. The lowest BCUT2D eigenvalue weighted by molar-refractivity contribution is -0.870. The van der Waals surface area contributed by atoms with Crippen LogP contribution in [-0.2, 0) is 23.1 Å². The number of aliphatic hydroxyl groups excluding tert-OH is 1. The quantitative estimate of drug-likeness (QED) is 0.0204. The Morgan fingerprint density at radius 1 is 0.796 bits per heavy atom. The number of aliphatic hydroxyl groups is 1. The molecular formula is C39H74N2O7P+. The number of ether oxygens (including phenoxy) is 1. The molecule has 0 aromatic heterocycles. The first-order valence-electron chi connectivity index (χ1n) is 19.5. The predicted octanol–water partition coefficient (Wildman–Crippen LogP) is 8.95. The number of hydrogen-bond acceptors (Lipinski definition) is 6. The van der Waals surface area contributed by atoms with E-state index in [0.717, 1.165) is 64.2 Å². The number of phosphoric ester groups is 1. The number of carbonyl (C=O) groups is 1. The molecule has 286 valence electrons. The maximum absolute atomic E-state index is 12.8.